The zero-order valence-corrected chi connectivity index (χ0v) is 7.38. The zero-order valence-electron chi connectivity index (χ0n) is 4.52. The first-order valence-corrected chi connectivity index (χ1v) is 5.57. The average molecular weight is 207 g/mol. The van der Waals surface area contributed by atoms with Crippen LogP contribution in [0.1, 0.15) is 6.92 Å². The molecule has 0 heterocycles. The van der Waals surface area contributed by atoms with Gasteiger partial charge in [0.2, 0.25) is 0 Å². The summed E-state index contributed by atoms with van der Waals surface area (Å²) in [5, 5.41) is 0. The van der Waals surface area contributed by atoms with Gasteiger partial charge in [-0.15, -0.1) is 0 Å². The molecule has 0 aliphatic carbocycles. The molecule has 2 nitrogen and oxygen atoms in total. The number of carbonyl (C=O) groups is 1. The normalized spacial score (nSPS) is 7.14. The molecule has 0 N–H and O–H groups in total. The van der Waals surface area contributed by atoms with Crippen LogP contribution in [0.15, 0.2) is 0 Å². The number of methoxy groups -OCH3 is 1. The molecule has 0 fully saturated rings. The van der Waals surface area contributed by atoms with Crippen molar-refractivity contribution in [3.05, 3.63) is 0 Å². The predicted molar refractivity (Wildman–Crippen MR) is 28.6 cm³/mol. The van der Waals surface area contributed by atoms with Gasteiger partial charge in [0, 0.05) is 0 Å². The van der Waals surface area contributed by atoms with Crippen molar-refractivity contribution in [2.45, 2.75) is 11.4 Å². The zero-order chi connectivity index (χ0) is 5.70. The number of ether oxygens (including phenoxy) is 1. The summed E-state index contributed by atoms with van der Waals surface area (Å²) in [6, 6.07) is 0. The van der Waals surface area contributed by atoms with E-state index in [0.29, 0.717) is 0 Å². The van der Waals surface area contributed by atoms with Gasteiger partial charge in [0.25, 0.3) is 0 Å². The van der Waals surface area contributed by atoms with Crippen LogP contribution in [0.25, 0.3) is 0 Å². The number of carbonyl (C=O) groups excluding carboxylic acids is 1. The molecule has 0 spiro atoms. The molecular weight excluding hydrogens is 199 g/mol. The summed E-state index contributed by atoms with van der Waals surface area (Å²) in [7, 11) is 1.44. The fourth-order valence-electron chi connectivity index (χ4n) is 0.217. The van der Waals surface area contributed by atoms with Gasteiger partial charge >= 0.3 is 53.1 Å². The van der Waals surface area contributed by atoms with E-state index in [-0.39, 0.29) is 3.99 Å². The topological polar surface area (TPSA) is 26.3 Å². The van der Waals surface area contributed by atoms with Gasteiger partial charge in [-0.1, -0.05) is 0 Å². The van der Waals surface area contributed by atoms with Gasteiger partial charge in [-0.25, -0.2) is 0 Å². The van der Waals surface area contributed by atoms with Crippen molar-refractivity contribution in [3.63, 3.8) is 0 Å². The third-order valence-corrected chi connectivity index (χ3v) is 2.92. The van der Waals surface area contributed by atoms with E-state index in [2.05, 4.69) is 4.74 Å². The molecule has 3 heteroatoms. The second kappa shape index (κ2) is 4.43. The van der Waals surface area contributed by atoms with Crippen LogP contribution >= 0.6 is 0 Å². The van der Waals surface area contributed by atoms with E-state index in [1.807, 2.05) is 6.92 Å². The van der Waals surface area contributed by atoms with Crippen LogP contribution in [0.5, 0.6) is 0 Å². The van der Waals surface area contributed by atoms with Crippen molar-refractivity contribution < 1.29 is 9.53 Å². The van der Waals surface area contributed by atoms with Crippen LogP contribution in [-0.4, -0.2) is 32.2 Å². The predicted octanol–water partition coefficient (Wildman–Crippen LogP) is 0.895. The third-order valence-electron chi connectivity index (χ3n) is 0.507. The first kappa shape index (κ1) is 7.27. The van der Waals surface area contributed by atoms with Gasteiger partial charge < -0.3 is 0 Å². The van der Waals surface area contributed by atoms with Gasteiger partial charge in [-0.2, -0.15) is 0 Å². The number of hydrogen-bond donors (Lipinski definition) is 0. The SMILES string of the molecule is C[CH2][Sn+2][C](=O)OC. The molecule has 0 saturated heterocycles. The molecule has 0 aromatic heterocycles. The minimum absolute atomic E-state index is 0.0473. The molecule has 0 amide bonds. The Hall–Kier alpha value is 0.269. The molecule has 0 atom stereocenters. The molecule has 0 bridgehead atoms. The monoisotopic (exact) mass is 208 g/mol. The van der Waals surface area contributed by atoms with Crippen LogP contribution in [0.2, 0.25) is 4.44 Å². The van der Waals surface area contributed by atoms with Crippen LogP contribution < -0.4 is 0 Å². The Balaban J connectivity index is 3.00. The fourth-order valence-corrected chi connectivity index (χ4v) is 1.45. The van der Waals surface area contributed by atoms with Crippen LogP contribution in [-0.2, 0) is 4.74 Å². The molecule has 0 aromatic carbocycles. The van der Waals surface area contributed by atoms with Crippen molar-refractivity contribution in [2.24, 2.45) is 0 Å². The van der Waals surface area contributed by atoms with Crippen molar-refractivity contribution in [2.75, 3.05) is 7.11 Å². The van der Waals surface area contributed by atoms with E-state index >= 15 is 0 Å². The third kappa shape index (κ3) is 4.11. The van der Waals surface area contributed by atoms with Gasteiger partial charge in [0.05, 0.1) is 0 Å². The van der Waals surface area contributed by atoms with Gasteiger partial charge in [0.15, 0.2) is 0 Å². The number of hydrogen-bond acceptors (Lipinski definition) is 2. The Morgan fingerprint density at radius 3 is 2.57 bits per heavy atom. The molecular formula is C4H8O2Sn+2. The van der Waals surface area contributed by atoms with Crippen LogP contribution in [0.3, 0.4) is 0 Å². The molecule has 0 radical (unpaired) electrons. The van der Waals surface area contributed by atoms with E-state index in [1.165, 1.54) is 7.11 Å². The first-order valence-electron chi connectivity index (χ1n) is 2.13. The van der Waals surface area contributed by atoms with E-state index < -0.39 is 21.1 Å². The molecule has 0 aliphatic rings. The summed E-state index contributed by atoms with van der Waals surface area (Å²) in [6.45, 7) is 2.02. The van der Waals surface area contributed by atoms with Gasteiger partial charge in [0.1, 0.15) is 0 Å². The fraction of sp³-hybridized carbons (Fsp3) is 0.750. The van der Waals surface area contributed by atoms with Crippen molar-refractivity contribution in [1.29, 1.82) is 0 Å². The first-order chi connectivity index (χ1) is 3.31. The summed E-state index contributed by atoms with van der Waals surface area (Å²) in [5.41, 5.74) is 0. The van der Waals surface area contributed by atoms with Crippen LogP contribution in [0, 0.1) is 0 Å². The van der Waals surface area contributed by atoms with Crippen LogP contribution in [0.4, 0.5) is 4.79 Å². The molecule has 7 heavy (non-hydrogen) atoms. The molecule has 0 saturated carbocycles. The van der Waals surface area contributed by atoms with E-state index in [1.54, 1.807) is 0 Å². The summed E-state index contributed by atoms with van der Waals surface area (Å²) in [6.07, 6.45) is 0. The quantitative estimate of drug-likeness (QED) is 0.628. The Morgan fingerprint density at radius 2 is 2.43 bits per heavy atom. The second-order valence-corrected chi connectivity index (χ2v) is 5.21. The van der Waals surface area contributed by atoms with E-state index in [9.17, 15) is 4.79 Å². The molecule has 0 aromatic rings. The number of rotatable bonds is 2. The second-order valence-electron chi connectivity index (χ2n) is 1.02. The van der Waals surface area contributed by atoms with E-state index in [0.717, 1.165) is 4.44 Å². The average Bonchev–Trinajstić information content (AvgIpc) is 1.68. The molecule has 0 rings (SSSR count). The standard InChI is InChI=1S/C2H3O2.C2H5.Sn/c1-4-2-3;1-2;/h1H3;1H2,2H3;/q;;+2. The molecule has 0 aliphatic heterocycles. The van der Waals surface area contributed by atoms with Crippen molar-refractivity contribution in [1.82, 2.24) is 0 Å². The summed E-state index contributed by atoms with van der Waals surface area (Å²) in [4.78, 5) is 10.3. The molecule has 38 valence electrons. The Kier molecular flexibility index (Phi) is 4.60. The Bertz CT molecular complexity index is 62.7. The van der Waals surface area contributed by atoms with Crippen molar-refractivity contribution in [3.8, 4) is 0 Å². The van der Waals surface area contributed by atoms with Gasteiger partial charge in [-0.3, -0.25) is 0 Å². The van der Waals surface area contributed by atoms with Crippen molar-refractivity contribution >= 4 is 25.1 Å². The van der Waals surface area contributed by atoms with E-state index in [4.69, 9.17) is 0 Å². The Labute approximate surface area is 53.5 Å². The molecule has 0 unspecified atom stereocenters. The Morgan fingerprint density at radius 1 is 1.86 bits per heavy atom. The van der Waals surface area contributed by atoms with Gasteiger partial charge in [-0.05, 0) is 0 Å². The maximum atomic E-state index is 10.3. The summed E-state index contributed by atoms with van der Waals surface area (Å²) >= 11 is -0.751. The maximum absolute atomic E-state index is 10.3. The summed E-state index contributed by atoms with van der Waals surface area (Å²) in [5.74, 6) is 0. The summed E-state index contributed by atoms with van der Waals surface area (Å²) < 4.78 is 5.51. The minimum atomic E-state index is -0.751.